The van der Waals surface area contributed by atoms with Crippen molar-refractivity contribution in [1.82, 2.24) is 4.90 Å². The number of hydrogen-bond acceptors (Lipinski definition) is 3. The summed E-state index contributed by atoms with van der Waals surface area (Å²) in [5, 5.41) is 9.82. The first-order valence-corrected chi connectivity index (χ1v) is 6.31. The molecular weight excluding hydrogens is 308 g/mol. The molecule has 0 bridgehead atoms. The normalized spacial score (nSPS) is 19.3. The molecule has 1 unspecified atom stereocenters. The predicted octanol–water partition coefficient (Wildman–Crippen LogP) is 2.42. The number of alkyl halides is 4. The highest BCUT2D eigenvalue weighted by molar-refractivity contribution is 5.94. The first-order valence-electron chi connectivity index (χ1n) is 6.31. The average molecular weight is 322 g/mol. The number of aryl methyl sites for hydroxylation is 1. The van der Waals surface area contributed by atoms with Gasteiger partial charge in [-0.2, -0.15) is 17.6 Å². The number of aliphatic hydroxyl groups excluding tert-OH is 1. The minimum atomic E-state index is -4.60. The summed E-state index contributed by atoms with van der Waals surface area (Å²) in [5.41, 5.74) is 0.388. The molecule has 122 valence electrons. The van der Waals surface area contributed by atoms with E-state index in [1.807, 2.05) is 0 Å². The molecule has 0 aromatic heterocycles. The fraction of sp³-hybridized carbons (Fsp3) is 0.462. The zero-order valence-electron chi connectivity index (χ0n) is 11.8. The van der Waals surface area contributed by atoms with Gasteiger partial charge in [0.2, 0.25) is 0 Å². The molecule has 1 N–H and O–H groups in total. The minimum Gasteiger partial charge on any atom is -0.428 e. The third-order valence-electron chi connectivity index (χ3n) is 3.20. The number of ether oxygens (including phenoxy) is 1. The lowest BCUT2D eigenvalue weighted by atomic mass is 10.2. The minimum absolute atomic E-state index is 0.0968. The molecule has 1 aliphatic rings. The van der Waals surface area contributed by atoms with Gasteiger partial charge in [0.25, 0.3) is 0 Å². The summed E-state index contributed by atoms with van der Waals surface area (Å²) in [6.45, 7) is 1.47. The predicted molar refractivity (Wildman–Crippen MR) is 69.3 cm³/mol. The number of hydrogen-bond donors (Lipinski definition) is 1. The van der Waals surface area contributed by atoms with Crippen molar-refractivity contribution in [3.8, 4) is 5.75 Å². The number of likely N-dealkylation sites (N-methyl/N-ethyl adjacent to an activating group) is 1. The lowest BCUT2D eigenvalue weighted by molar-refractivity contribution is -0.253. The largest absolute Gasteiger partial charge is 0.461 e. The van der Waals surface area contributed by atoms with Gasteiger partial charge in [-0.05, 0) is 30.7 Å². The zero-order valence-corrected chi connectivity index (χ0v) is 11.8. The monoisotopic (exact) mass is 322 g/mol. The van der Waals surface area contributed by atoms with E-state index in [0.29, 0.717) is 0 Å². The molecule has 0 radical (unpaired) electrons. The summed E-state index contributed by atoms with van der Waals surface area (Å²) in [7, 11) is 1.50. The van der Waals surface area contributed by atoms with Crippen LogP contribution in [0.25, 0.3) is 0 Å². The average Bonchev–Trinajstić information content (AvgIpc) is 2.65. The molecule has 1 aliphatic heterocycles. The molecule has 0 aliphatic carbocycles. The van der Waals surface area contributed by atoms with Gasteiger partial charge >= 0.3 is 18.6 Å². The summed E-state index contributed by atoms with van der Waals surface area (Å²) >= 11 is 0. The molecule has 2 amide bonds. The highest BCUT2D eigenvalue weighted by Gasteiger charge is 2.44. The molecule has 5 nitrogen and oxygen atoms in total. The van der Waals surface area contributed by atoms with E-state index in [9.17, 15) is 27.5 Å². The summed E-state index contributed by atoms with van der Waals surface area (Å²) in [5.74, 6) is -0.427. The number of anilines is 1. The van der Waals surface area contributed by atoms with Crippen molar-refractivity contribution in [1.29, 1.82) is 0 Å². The van der Waals surface area contributed by atoms with Crippen molar-refractivity contribution in [2.45, 2.75) is 25.7 Å². The van der Waals surface area contributed by atoms with Gasteiger partial charge in [0.1, 0.15) is 5.75 Å². The Morgan fingerprint density at radius 2 is 2.05 bits per heavy atom. The maximum absolute atomic E-state index is 12.9. The van der Waals surface area contributed by atoms with Crippen LogP contribution < -0.4 is 9.64 Å². The first-order chi connectivity index (χ1) is 10.1. The van der Waals surface area contributed by atoms with Crippen molar-refractivity contribution < 1.29 is 32.2 Å². The van der Waals surface area contributed by atoms with Crippen LogP contribution in [0.15, 0.2) is 18.2 Å². The lowest BCUT2D eigenvalue weighted by Crippen LogP contribution is -2.35. The van der Waals surface area contributed by atoms with Gasteiger partial charge in [0.15, 0.2) is 6.23 Å². The molecule has 1 atom stereocenters. The maximum Gasteiger partial charge on any atom is 0.461 e. The van der Waals surface area contributed by atoms with Crippen molar-refractivity contribution in [3.05, 3.63) is 23.8 Å². The van der Waals surface area contributed by atoms with Crippen LogP contribution in [0.2, 0.25) is 0 Å². The Morgan fingerprint density at radius 1 is 1.41 bits per heavy atom. The standard InChI is InChI=1S/C13H14F4N2O3/c1-7-5-8(19-10(20)6-18(2)12(19)21)3-4-9(7)22-13(16,17)11(14)15/h3-5,10-11,20H,6H2,1-2H3. The van der Waals surface area contributed by atoms with Gasteiger partial charge in [-0.3, -0.25) is 4.90 Å². The Balaban J connectivity index is 2.25. The highest BCUT2D eigenvalue weighted by Crippen LogP contribution is 2.33. The molecule has 2 rings (SSSR count). The lowest BCUT2D eigenvalue weighted by Gasteiger charge is -2.22. The number of aliphatic hydroxyl groups is 1. The SMILES string of the molecule is Cc1cc(N2C(=O)N(C)CC2O)ccc1OC(F)(F)C(F)F. The van der Waals surface area contributed by atoms with Crippen molar-refractivity contribution in [2.75, 3.05) is 18.5 Å². The van der Waals surface area contributed by atoms with Crippen LogP contribution >= 0.6 is 0 Å². The van der Waals surface area contributed by atoms with Crippen LogP contribution in [0.5, 0.6) is 5.75 Å². The molecule has 1 heterocycles. The summed E-state index contributed by atoms with van der Waals surface area (Å²) < 4.78 is 54.1. The first kappa shape index (κ1) is 16.3. The number of halogens is 4. The van der Waals surface area contributed by atoms with E-state index in [-0.39, 0.29) is 17.8 Å². The molecule has 9 heteroatoms. The summed E-state index contributed by atoms with van der Waals surface area (Å²) in [6.07, 6.45) is -9.64. The quantitative estimate of drug-likeness (QED) is 0.866. The Labute approximate surface area is 123 Å². The van der Waals surface area contributed by atoms with E-state index in [0.717, 1.165) is 11.0 Å². The highest BCUT2D eigenvalue weighted by atomic mass is 19.3. The third-order valence-corrected chi connectivity index (χ3v) is 3.20. The van der Waals surface area contributed by atoms with E-state index in [1.54, 1.807) is 0 Å². The van der Waals surface area contributed by atoms with E-state index >= 15 is 0 Å². The molecular formula is C13H14F4N2O3. The molecule has 1 aromatic rings. The summed E-state index contributed by atoms with van der Waals surface area (Å²) in [4.78, 5) is 14.2. The van der Waals surface area contributed by atoms with Gasteiger partial charge < -0.3 is 14.7 Å². The van der Waals surface area contributed by atoms with Gasteiger partial charge in [-0.25, -0.2) is 4.79 Å². The molecule has 22 heavy (non-hydrogen) atoms. The van der Waals surface area contributed by atoms with E-state index in [1.165, 1.54) is 31.0 Å². The van der Waals surface area contributed by atoms with Crippen molar-refractivity contribution in [2.24, 2.45) is 0 Å². The van der Waals surface area contributed by atoms with Crippen molar-refractivity contribution >= 4 is 11.7 Å². The Bertz CT molecular complexity index is 582. The third kappa shape index (κ3) is 2.94. The topological polar surface area (TPSA) is 53.0 Å². The van der Waals surface area contributed by atoms with Crippen molar-refractivity contribution in [3.63, 3.8) is 0 Å². The number of β-amino-alcohol motifs (C(OH)–C–C–N with tert-alkyl or cyclic N) is 1. The van der Waals surface area contributed by atoms with E-state index < -0.39 is 30.5 Å². The Hall–Kier alpha value is -2.03. The van der Waals surface area contributed by atoms with Gasteiger partial charge in [-0.15, -0.1) is 0 Å². The Morgan fingerprint density at radius 3 is 2.50 bits per heavy atom. The number of carbonyl (C=O) groups is 1. The van der Waals surface area contributed by atoms with Gasteiger partial charge in [0, 0.05) is 12.7 Å². The molecule has 1 fully saturated rings. The second kappa shape index (κ2) is 5.64. The number of nitrogens with zero attached hydrogens (tertiary/aromatic N) is 2. The number of rotatable bonds is 4. The van der Waals surface area contributed by atoms with Crippen LogP contribution in [-0.2, 0) is 0 Å². The van der Waals surface area contributed by atoms with Crippen LogP contribution in [0.1, 0.15) is 5.56 Å². The number of urea groups is 1. The van der Waals surface area contributed by atoms with Crippen LogP contribution in [0, 0.1) is 6.92 Å². The Kier molecular flexibility index (Phi) is 4.19. The van der Waals surface area contributed by atoms with Gasteiger partial charge in [-0.1, -0.05) is 0 Å². The number of amides is 2. The summed E-state index contributed by atoms with van der Waals surface area (Å²) in [6, 6.07) is 3.14. The number of benzene rings is 1. The number of carbonyl (C=O) groups excluding carboxylic acids is 1. The molecule has 1 saturated heterocycles. The zero-order chi connectivity index (χ0) is 16.7. The van der Waals surface area contributed by atoms with E-state index in [4.69, 9.17) is 0 Å². The fourth-order valence-corrected chi connectivity index (χ4v) is 2.09. The molecule has 0 saturated carbocycles. The van der Waals surface area contributed by atoms with Gasteiger partial charge in [0.05, 0.1) is 6.54 Å². The second-order valence-electron chi connectivity index (χ2n) is 4.93. The smallest absolute Gasteiger partial charge is 0.428 e. The molecule has 0 spiro atoms. The van der Waals surface area contributed by atoms with E-state index in [2.05, 4.69) is 4.74 Å². The van der Waals surface area contributed by atoms with Crippen LogP contribution in [0.4, 0.5) is 28.0 Å². The fourth-order valence-electron chi connectivity index (χ4n) is 2.09. The van der Waals surface area contributed by atoms with Crippen LogP contribution in [-0.4, -0.2) is 48.4 Å². The van der Waals surface area contributed by atoms with Crippen LogP contribution in [0.3, 0.4) is 0 Å². The maximum atomic E-state index is 12.9. The second-order valence-corrected chi connectivity index (χ2v) is 4.93. The molecule has 1 aromatic carbocycles.